The minimum Gasteiger partial charge on any atom is -0.506 e. The third-order valence-electron chi connectivity index (χ3n) is 4.76. The van der Waals surface area contributed by atoms with Crippen LogP contribution in [-0.2, 0) is 0 Å². The normalized spacial score (nSPS) is 10.7. The SMILES string of the molecule is COc1c(C(=O)NC(=S)Nc2c(O)ccc3ccccc23)cc2ccccc2c1Br. The summed E-state index contributed by atoms with van der Waals surface area (Å²) in [5.41, 5.74) is 0.777. The third kappa shape index (κ3) is 3.69. The number of methoxy groups -OCH3 is 1. The molecule has 3 N–H and O–H groups in total. The lowest BCUT2D eigenvalue weighted by molar-refractivity contribution is 0.0975. The predicted octanol–water partition coefficient (Wildman–Crippen LogP) is 5.60. The highest BCUT2D eigenvalue weighted by Gasteiger charge is 2.19. The summed E-state index contributed by atoms with van der Waals surface area (Å²) in [6, 6.07) is 20.4. The smallest absolute Gasteiger partial charge is 0.261 e. The molecule has 4 aromatic rings. The monoisotopic (exact) mass is 480 g/mol. The molecular formula is C23H17BrN2O3S. The van der Waals surface area contributed by atoms with E-state index in [1.54, 1.807) is 12.1 Å². The second-order valence-electron chi connectivity index (χ2n) is 6.58. The minimum atomic E-state index is -0.421. The second-order valence-corrected chi connectivity index (χ2v) is 7.78. The van der Waals surface area contributed by atoms with E-state index in [0.29, 0.717) is 21.5 Å². The maximum absolute atomic E-state index is 13.0. The lowest BCUT2D eigenvalue weighted by Gasteiger charge is -2.16. The first-order valence-corrected chi connectivity index (χ1v) is 10.3. The van der Waals surface area contributed by atoms with Gasteiger partial charge in [0.05, 0.1) is 22.8 Å². The molecule has 4 aromatic carbocycles. The topological polar surface area (TPSA) is 70.6 Å². The number of aromatic hydroxyl groups is 1. The lowest BCUT2D eigenvalue weighted by atomic mass is 10.1. The van der Waals surface area contributed by atoms with Crippen LogP contribution >= 0.6 is 28.1 Å². The first kappa shape index (κ1) is 20.1. The Balaban J connectivity index is 1.64. The molecule has 0 heterocycles. The van der Waals surface area contributed by atoms with Crippen molar-refractivity contribution in [2.75, 3.05) is 12.4 Å². The number of phenols is 1. The molecule has 7 heteroatoms. The van der Waals surface area contributed by atoms with Gasteiger partial charge in [0.2, 0.25) is 0 Å². The van der Waals surface area contributed by atoms with E-state index in [9.17, 15) is 9.90 Å². The van der Waals surface area contributed by atoms with Gasteiger partial charge in [0.25, 0.3) is 5.91 Å². The molecule has 0 radical (unpaired) electrons. The maximum Gasteiger partial charge on any atom is 0.261 e. The molecule has 0 aromatic heterocycles. The van der Waals surface area contributed by atoms with Crippen molar-refractivity contribution in [3.05, 3.63) is 76.8 Å². The van der Waals surface area contributed by atoms with E-state index in [2.05, 4.69) is 26.6 Å². The van der Waals surface area contributed by atoms with Crippen molar-refractivity contribution >= 4 is 66.4 Å². The molecule has 150 valence electrons. The van der Waals surface area contributed by atoms with Crippen LogP contribution in [-0.4, -0.2) is 23.2 Å². The van der Waals surface area contributed by atoms with Crippen molar-refractivity contribution in [2.24, 2.45) is 0 Å². The van der Waals surface area contributed by atoms with Crippen molar-refractivity contribution in [1.29, 1.82) is 0 Å². The summed E-state index contributed by atoms with van der Waals surface area (Å²) >= 11 is 8.87. The highest BCUT2D eigenvalue weighted by molar-refractivity contribution is 9.10. The van der Waals surface area contributed by atoms with E-state index in [0.717, 1.165) is 21.5 Å². The van der Waals surface area contributed by atoms with Crippen molar-refractivity contribution in [1.82, 2.24) is 5.32 Å². The molecule has 0 fully saturated rings. The van der Waals surface area contributed by atoms with E-state index in [-0.39, 0.29) is 10.9 Å². The Kier molecular flexibility index (Phi) is 5.57. The van der Waals surface area contributed by atoms with Gasteiger partial charge in [-0.2, -0.15) is 0 Å². The molecule has 0 aliphatic rings. The number of ether oxygens (including phenoxy) is 1. The van der Waals surface area contributed by atoms with Gasteiger partial charge >= 0.3 is 0 Å². The zero-order valence-electron chi connectivity index (χ0n) is 15.9. The maximum atomic E-state index is 13.0. The zero-order valence-corrected chi connectivity index (χ0v) is 18.3. The minimum absolute atomic E-state index is 0.0383. The fourth-order valence-corrected chi connectivity index (χ4v) is 4.29. The predicted molar refractivity (Wildman–Crippen MR) is 127 cm³/mol. The quantitative estimate of drug-likeness (QED) is 0.263. The number of hydrogen-bond acceptors (Lipinski definition) is 4. The number of carbonyl (C=O) groups is 1. The summed E-state index contributed by atoms with van der Waals surface area (Å²) in [5.74, 6) is 0.0360. The number of hydrogen-bond donors (Lipinski definition) is 3. The van der Waals surface area contributed by atoms with Gasteiger partial charge in [0.1, 0.15) is 11.5 Å². The van der Waals surface area contributed by atoms with Crippen LogP contribution in [0.5, 0.6) is 11.5 Å². The van der Waals surface area contributed by atoms with E-state index in [1.165, 1.54) is 7.11 Å². The number of rotatable bonds is 3. The summed E-state index contributed by atoms with van der Waals surface area (Å²) < 4.78 is 6.16. The van der Waals surface area contributed by atoms with Gasteiger partial charge in [-0.3, -0.25) is 10.1 Å². The number of thiocarbonyl (C=S) groups is 1. The Bertz CT molecular complexity index is 1310. The number of carbonyl (C=O) groups excluding carboxylic acids is 1. The van der Waals surface area contributed by atoms with E-state index < -0.39 is 5.91 Å². The van der Waals surface area contributed by atoms with Crippen LogP contribution < -0.4 is 15.4 Å². The molecule has 0 atom stereocenters. The first-order chi connectivity index (χ1) is 14.5. The molecule has 0 saturated carbocycles. The van der Waals surface area contributed by atoms with Crippen LogP contribution in [0, 0.1) is 0 Å². The highest BCUT2D eigenvalue weighted by Crippen LogP contribution is 2.37. The molecule has 0 saturated heterocycles. The van der Waals surface area contributed by atoms with E-state index in [1.807, 2.05) is 54.6 Å². The molecular weight excluding hydrogens is 464 g/mol. The number of anilines is 1. The number of halogens is 1. The fraction of sp³-hybridized carbons (Fsp3) is 0.0435. The molecule has 0 aliphatic heterocycles. The molecule has 1 amide bonds. The number of phenolic OH excluding ortho intramolecular Hbond substituents is 1. The highest BCUT2D eigenvalue weighted by atomic mass is 79.9. The van der Waals surface area contributed by atoms with Crippen LogP contribution in [0.1, 0.15) is 10.4 Å². The summed E-state index contributed by atoms with van der Waals surface area (Å²) in [6.45, 7) is 0. The molecule has 0 aliphatic carbocycles. The fourth-order valence-electron chi connectivity index (χ4n) is 3.36. The molecule has 5 nitrogen and oxygen atoms in total. The number of amides is 1. The molecule has 0 unspecified atom stereocenters. The number of fused-ring (bicyclic) bond motifs is 2. The molecule has 0 spiro atoms. The molecule has 4 rings (SSSR count). The van der Waals surface area contributed by atoms with Gasteiger partial charge < -0.3 is 15.2 Å². The van der Waals surface area contributed by atoms with Crippen LogP contribution in [0.15, 0.2) is 71.2 Å². The van der Waals surface area contributed by atoms with Crippen molar-refractivity contribution < 1.29 is 14.6 Å². The van der Waals surface area contributed by atoms with E-state index >= 15 is 0 Å². The van der Waals surface area contributed by atoms with Crippen LogP contribution in [0.4, 0.5) is 5.69 Å². The van der Waals surface area contributed by atoms with Crippen molar-refractivity contribution in [3.8, 4) is 11.5 Å². The van der Waals surface area contributed by atoms with Crippen LogP contribution in [0.3, 0.4) is 0 Å². The lowest BCUT2D eigenvalue weighted by Crippen LogP contribution is -2.34. The average molecular weight is 481 g/mol. The van der Waals surface area contributed by atoms with E-state index in [4.69, 9.17) is 17.0 Å². The Labute approximate surface area is 186 Å². The van der Waals surface area contributed by atoms with Gasteiger partial charge in [-0.25, -0.2) is 0 Å². The summed E-state index contributed by atoms with van der Waals surface area (Å²) in [7, 11) is 1.51. The van der Waals surface area contributed by atoms with Gasteiger partial charge in [-0.1, -0.05) is 54.6 Å². The second kappa shape index (κ2) is 8.30. The van der Waals surface area contributed by atoms with Gasteiger partial charge in [-0.15, -0.1) is 0 Å². The number of nitrogens with one attached hydrogen (secondary N) is 2. The average Bonchev–Trinajstić information content (AvgIpc) is 2.75. The van der Waals surface area contributed by atoms with Gasteiger partial charge in [0, 0.05) is 5.39 Å². The molecule has 30 heavy (non-hydrogen) atoms. The van der Waals surface area contributed by atoms with Crippen molar-refractivity contribution in [3.63, 3.8) is 0 Å². The largest absolute Gasteiger partial charge is 0.506 e. The van der Waals surface area contributed by atoms with Crippen LogP contribution in [0.2, 0.25) is 0 Å². The summed E-state index contributed by atoms with van der Waals surface area (Å²) in [4.78, 5) is 13.0. The first-order valence-electron chi connectivity index (χ1n) is 9.08. The standard InChI is InChI=1S/C23H17BrN2O3S/c1-29-21-17(12-14-7-3-4-8-15(14)19(21)24)22(28)26-23(30)25-20-16-9-5-2-6-13(16)10-11-18(20)27/h2-12,27H,1H3,(H2,25,26,28,30). The number of benzene rings is 4. The van der Waals surface area contributed by atoms with Gasteiger partial charge in [0.15, 0.2) is 5.11 Å². The molecule has 0 bridgehead atoms. The Morgan fingerprint density at radius 2 is 1.67 bits per heavy atom. The Morgan fingerprint density at radius 1 is 1.00 bits per heavy atom. The third-order valence-corrected chi connectivity index (χ3v) is 5.75. The Hall–Kier alpha value is -3.16. The summed E-state index contributed by atoms with van der Waals surface area (Å²) in [5, 5.41) is 19.5. The van der Waals surface area contributed by atoms with Crippen molar-refractivity contribution in [2.45, 2.75) is 0 Å². The zero-order chi connectivity index (χ0) is 21.3. The Morgan fingerprint density at radius 3 is 2.40 bits per heavy atom. The van der Waals surface area contributed by atoms with Crippen LogP contribution in [0.25, 0.3) is 21.5 Å². The van der Waals surface area contributed by atoms with Gasteiger partial charge in [-0.05, 0) is 56.4 Å². The summed E-state index contributed by atoms with van der Waals surface area (Å²) in [6.07, 6.45) is 0.